The lowest BCUT2D eigenvalue weighted by molar-refractivity contribution is -0.134. The maximum Gasteiger partial charge on any atom is 0.240 e. The van der Waals surface area contributed by atoms with Crippen LogP contribution in [0.15, 0.2) is 0 Å². The first-order chi connectivity index (χ1) is 6.45. The van der Waals surface area contributed by atoms with Crippen molar-refractivity contribution >= 4 is 5.91 Å². The van der Waals surface area contributed by atoms with E-state index in [1.54, 1.807) is 0 Å². The molecule has 1 heterocycles. The van der Waals surface area contributed by atoms with Crippen LogP contribution in [0.2, 0.25) is 0 Å². The molecule has 0 aliphatic carbocycles. The Morgan fingerprint density at radius 3 is 2.43 bits per heavy atom. The summed E-state index contributed by atoms with van der Waals surface area (Å²) in [5, 5.41) is 0. The quantitative estimate of drug-likeness (QED) is 0.653. The summed E-state index contributed by atoms with van der Waals surface area (Å²) in [6, 6.07) is -0.145. The zero-order valence-corrected chi connectivity index (χ0v) is 9.23. The van der Waals surface area contributed by atoms with Gasteiger partial charge in [0, 0.05) is 18.6 Å². The molecule has 1 fully saturated rings. The Morgan fingerprint density at radius 1 is 1.50 bits per heavy atom. The van der Waals surface area contributed by atoms with Crippen molar-refractivity contribution < 1.29 is 4.79 Å². The molecule has 0 radical (unpaired) electrons. The van der Waals surface area contributed by atoms with E-state index in [0.29, 0.717) is 0 Å². The Hall–Kier alpha value is -0.610. The summed E-state index contributed by atoms with van der Waals surface area (Å²) < 4.78 is 0. The molecule has 14 heavy (non-hydrogen) atoms. The number of amides is 1. The maximum atomic E-state index is 11.9. The van der Waals surface area contributed by atoms with E-state index < -0.39 is 0 Å². The molecule has 2 unspecified atom stereocenters. The fourth-order valence-electron chi connectivity index (χ4n) is 1.75. The summed E-state index contributed by atoms with van der Waals surface area (Å²) in [6.07, 6.45) is 0.887. The van der Waals surface area contributed by atoms with Crippen molar-refractivity contribution in [2.75, 3.05) is 6.54 Å². The van der Waals surface area contributed by atoms with Gasteiger partial charge in [-0.15, -0.1) is 0 Å². The van der Waals surface area contributed by atoms with Gasteiger partial charge in [0.25, 0.3) is 0 Å². The molecule has 0 bridgehead atoms. The lowest BCUT2D eigenvalue weighted by atomic mass is 10.0. The van der Waals surface area contributed by atoms with Crippen LogP contribution < -0.4 is 11.5 Å². The van der Waals surface area contributed by atoms with Crippen LogP contribution in [0, 0.1) is 5.92 Å². The molecule has 1 aliphatic rings. The molecule has 4 nitrogen and oxygen atoms in total. The minimum Gasteiger partial charge on any atom is -0.337 e. The van der Waals surface area contributed by atoms with Crippen molar-refractivity contribution in [3.05, 3.63) is 0 Å². The number of nitrogens with two attached hydrogens (primary N) is 2. The molecule has 1 amide bonds. The smallest absolute Gasteiger partial charge is 0.240 e. The number of carbonyl (C=O) groups excluding carboxylic acids is 1. The van der Waals surface area contributed by atoms with Crippen LogP contribution in [0.1, 0.15) is 27.2 Å². The molecule has 0 spiro atoms. The SMILES string of the molecule is CC(C)[C@H](N)C(=O)N1CCC(N)C1C. The number of rotatable bonds is 2. The van der Waals surface area contributed by atoms with Crippen LogP contribution >= 0.6 is 0 Å². The van der Waals surface area contributed by atoms with Crippen LogP contribution in [-0.2, 0) is 4.79 Å². The second-order valence-electron chi connectivity index (χ2n) is 4.49. The first-order valence-electron chi connectivity index (χ1n) is 5.26. The highest BCUT2D eigenvalue weighted by atomic mass is 16.2. The molecule has 1 rings (SSSR count). The van der Waals surface area contributed by atoms with Crippen molar-refractivity contribution in [1.29, 1.82) is 0 Å². The molecule has 4 heteroatoms. The van der Waals surface area contributed by atoms with Crippen molar-refractivity contribution in [2.45, 2.75) is 45.3 Å². The number of likely N-dealkylation sites (tertiary alicyclic amines) is 1. The molecule has 0 saturated carbocycles. The Bertz CT molecular complexity index is 217. The van der Waals surface area contributed by atoms with E-state index >= 15 is 0 Å². The van der Waals surface area contributed by atoms with Crippen LogP contribution in [0.25, 0.3) is 0 Å². The lowest BCUT2D eigenvalue weighted by Crippen LogP contribution is -2.49. The second-order valence-corrected chi connectivity index (χ2v) is 4.49. The normalized spacial score (nSPS) is 29.7. The highest BCUT2D eigenvalue weighted by molar-refractivity contribution is 5.82. The van der Waals surface area contributed by atoms with E-state index in [4.69, 9.17) is 11.5 Å². The van der Waals surface area contributed by atoms with Gasteiger partial charge in [-0.3, -0.25) is 4.79 Å². The molecule has 82 valence electrons. The van der Waals surface area contributed by atoms with E-state index in [2.05, 4.69) is 0 Å². The predicted molar refractivity (Wildman–Crippen MR) is 56.6 cm³/mol. The fourth-order valence-corrected chi connectivity index (χ4v) is 1.75. The minimum atomic E-state index is -0.386. The van der Waals surface area contributed by atoms with Crippen LogP contribution in [0.3, 0.4) is 0 Å². The first kappa shape index (κ1) is 11.5. The van der Waals surface area contributed by atoms with Crippen LogP contribution in [0.5, 0.6) is 0 Å². The number of hydrogen-bond donors (Lipinski definition) is 2. The highest BCUT2D eigenvalue weighted by Crippen LogP contribution is 2.17. The average molecular weight is 199 g/mol. The molecule has 1 saturated heterocycles. The summed E-state index contributed by atoms with van der Waals surface area (Å²) in [5.41, 5.74) is 11.7. The first-order valence-corrected chi connectivity index (χ1v) is 5.26. The van der Waals surface area contributed by atoms with Crippen LogP contribution in [-0.4, -0.2) is 35.5 Å². The molecule has 0 aromatic carbocycles. The third-order valence-electron chi connectivity index (χ3n) is 3.10. The van der Waals surface area contributed by atoms with Crippen molar-refractivity contribution in [2.24, 2.45) is 17.4 Å². The van der Waals surface area contributed by atoms with Gasteiger partial charge in [0.2, 0.25) is 5.91 Å². The van der Waals surface area contributed by atoms with Gasteiger partial charge in [0.1, 0.15) is 0 Å². The van der Waals surface area contributed by atoms with E-state index in [1.807, 2.05) is 25.7 Å². The van der Waals surface area contributed by atoms with Crippen molar-refractivity contribution in [3.63, 3.8) is 0 Å². The summed E-state index contributed by atoms with van der Waals surface area (Å²) in [7, 11) is 0. The Morgan fingerprint density at radius 2 is 2.07 bits per heavy atom. The Labute approximate surface area is 85.6 Å². The summed E-state index contributed by atoms with van der Waals surface area (Å²) in [6.45, 7) is 6.66. The van der Waals surface area contributed by atoms with Gasteiger partial charge in [0.15, 0.2) is 0 Å². The summed E-state index contributed by atoms with van der Waals surface area (Å²) in [4.78, 5) is 13.7. The standard InChI is InChI=1S/C10H21N3O/c1-6(2)9(12)10(14)13-5-4-8(11)7(13)3/h6-9H,4-5,11-12H2,1-3H3/t7?,8?,9-/m0/s1. The molecule has 3 atom stereocenters. The molecular weight excluding hydrogens is 178 g/mol. The topological polar surface area (TPSA) is 72.4 Å². The molecule has 0 aromatic rings. The number of nitrogens with zero attached hydrogens (tertiary/aromatic N) is 1. The largest absolute Gasteiger partial charge is 0.337 e. The van der Waals surface area contributed by atoms with Gasteiger partial charge in [-0.1, -0.05) is 13.8 Å². The van der Waals surface area contributed by atoms with Gasteiger partial charge in [0.05, 0.1) is 6.04 Å². The Balaban J connectivity index is 2.62. The molecule has 4 N–H and O–H groups in total. The monoisotopic (exact) mass is 199 g/mol. The number of carbonyl (C=O) groups is 1. The average Bonchev–Trinajstić information content (AvgIpc) is 2.45. The third-order valence-corrected chi connectivity index (χ3v) is 3.10. The minimum absolute atomic E-state index is 0.0421. The van der Waals surface area contributed by atoms with Crippen LogP contribution in [0.4, 0.5) is 0 Å². The fraction of sp³-hybridized carbons (Fsp3) is 0.900. The van der Waals surface area contributed by atoms with Gasteiger partial charge >= 0.3 is 0 Å². The highest BCUT2D eigenvalue weighted by Gasteiger charge is 2.34. The van der Waals surface area contributed by atoms with Gasteiger partial charge in [-0.05, 0) is 19.3 Å². The van der Waals surface area contributed by atoms with E-state index in [0.717, 1.165) is 13.0 Å². The van der Waals surface area contributed by atoms with Crippen molar-refractivity contribution in [1.82, 2.24) is 4.90 Å². The predicted octanol–water partition coefficient (Wildman–Crippen LogP) is -0.0822. The number of hydrogen-bond acceptors (Lipinski definition) is 3. The molecule has 0 aromatic heterocycles. The molecule has 1 aliphatic heterocycles. The van der Waals surface area contributed by atoms with E-state index in [9.17, 15) is 4.79 Å². The Kier molecular flexibility index (Phi) is 3.50. The zero-order chi connectivity index (χ0) is 10.9. The zero-order valence-electron chi connectivity index (χ0n) is 9.23. The molecular formula is C10H21N3O. The van der Waals surface area contributed by atoms with Gasteiger partial charge < -0.3 is 16.4 Å². The van der Waals surface area contributed by atoms with Gasteiger partial charge in [-0.25, -0.2) is 0 Å². The summed E-state index contributed by atoms with van der Waals surface area (Å²) in [5.74, 6) is 0.229. The maximum absolute atomic E-state index is 11.9. The summed E-state index contributed by atoms with van der Waals surface area (Å²) >= 11 is 0. The van der Waals surface area contributed by atoms with Crippen molar-refractivity contribution in [3.8, 4) is 0 Å². The van der Waals surface area contributed by atoms with Gasteiger partial charge in [-0.2, -0.15) is 0 Å². The van der Waals surface area contributed by atoms with E-state index in [-0.39, 0.29) is 30.0 Å². The lowest BCUT2D eigenvalue weighted by Gasteiger charge is -2.27. The van der Waals surface area contributed by atoms with E-state index in [1.165, 1.54) is 0 Å². The third kappa shape index (κ3) is 2.07. The second kappa shape index (κ2) is 4.28.